The lowest BCUT2D eigenvalue weighted by atomic mass is 9.78. The van der Waals surface area contributed by atoms with Crippen molar-refractivity contribution in [3.63, 3.8) is 0 Å². The minimum absolute atomic E-state index is 0.00284. The van der Waals surface area contributed by atoms with Gasteiger partial charge in [-0.05, 0) is 67.8 Å². The lowest BCUT2D eigenvalue weighted by molar-refractivity contribution is -0.120. The maximum Gasteiger partial charge on any atom is 0.282 e. The number of hydrazine groups is 1. The topological polar surface area (TPSA) is 140 Å². The molecule has 0 unspecified atom stereocenters. The molecule has 3 aromatic heterocycles. The van der Waals surface area contributed by atoms with Gasteiger partial charge in [-0.15, -0.1) is 5.10 Å². The first kappa shape index (κ1) is 33.2. The first-order valence-electron chi connectivity index (χ1n) is 16.5. The predicted octanol–water partition coefficient (Wildman–Crippen LogP) is 3.82. The zero-order valence-corrected chi connectivity index (χ0v) is 27.0. The normalized spacial score (nSPS) is 22.1. The Labute approximate surface area is 285 Å². The van der Waals surface area contributed by atoms with Gasteiger partial charge in [-0.25, -0.2) is 27.5 Å². The molecule has 1 aliphatic carbocycles. The number of carbonyl (C=O) groups is 2. The molecule has 1 saturated carbocycles. The van der Waals surface area contributed by atoms with E-state index in [9.17, 15) is 27.2 Å². The number of hydrogen-bond donors (Lipinski definition) is 4. The van der Waals surface area contributed by atoms with Gasteiger partial charge in [0.15, 0.2) is 5.82 Å². The zero-order valence-electron chi connectivity index (χ0n) is 27.0. The number of aromatic nitrogens is 4. The highest BCUT2D eigenvalue weighted by Gasteiger charge is 2.45. The third-order valence-corrected chi connectivity index (χ3v) is 9.13. The van der Waals surface area contributed by atoms with Gasteiger partial charge in [-0.3, -0.25) is 15.0 Å². The first-order chi connectivity index (χ1) is 24.0. The number of hydrogen-bond acceptors (Lipinski definition) is 10. The van der Waals surface area contributed by atoms with E-state index in [0.717, 1.165) is 37.1 Å². The molecule has 262 valence electrons. The van der Waals surface area contributed by atoms with Crippen molar-refractivity contribution in [2.24, 2.45) is 5.92 Å². The van der Waals surface area contributed by atoms with Crippen molar-refractivity contribution in [2.45, 2.75) is 56.3 Å². The van der Waals surface area contributed by atoms with Crippen LogP contribution in [0.5, 0.6) is 0 Å². The number of anilines is 3. The molecule has 4 aliphatic rings. The lowest BCUT2D eigenvalue weighted by Crippen LogP contribution is -2.56. The van der Waals surface area contributed by atoms with Crippen molar-refractivity contribution < 1.29 is 27.2 Å². The number of amides is 2. The Balaban J connectivity index is 0.882. The summed E-state index contributed by atoms with van der Waals surface area (Å²) >= 11 is 0. The minimum Gasteiger partial charge on any atom is -0.344 e. The van der Waals surface area contributed by atoms with Crippen LogP contribution in [0, 0.1) is 5.92 Å². The lowest BCUT2D eigenvalue weighted by Gasteiger charge is -2.39. The van der Waals surface area contributed by atoms with Crippen LogP contribution in [0.3, 0.4) is 0 Å². The predicted molar refractivity (Wildman–Crippen MR) is 176 cm³/mol. The second-order valence-electron chi connectivity index (χ2n) is 13.2. The van der Waals surface area contributed by atoms with Crippen LogP contribution in [0.2, 0.25) is 0 Å². The molecule has 4 N–H and O–H groups in total. The smallest absolute Gasteiger partial charge is 0.282 e. The van der Waals surface area contributed by atoms with Gasteiger partial charge < -0.3 is 25.9 Å². The Morgan fingerprint density at radius 2 is 1.34 bits per heavy atom. The van der Waals surface area contributed by atoms with Crippen LogP contribution in [0.4, 0.5) is 35.0 Å². The van der Waals surface area contributed by atoms with Crippen molar-refractivity contribution in [1.82, 2.24) is 36.3 Å². The van der Waals surface area contributed by atoms with Gasteiger partial charge in [0.25, 0.3) is 11.8 Å². The fraction of sp³-hybridized carbons (Fsp3) is 0.412. The van der Waals surface area contributed by atoms with Gasteiger partial charge >= 0.3 is 0 Å². The summed E-state index contributed by atoms with van der Waals surface area (Å²) in [5.41, 5.74) is 9.04. The molecule has 50 heavy (non-hydrogen) atoms. The van der Waals surface area contributed by atoms with E-state index in [2.05, 4.69) is 41.7 Å². The van der Waals surface area contributed by atoms with Crippen LogP contribution in [0.1, 0.15) is 48.7 Å². The molecule has 3 fully saturated rings. The van der Waals surface area contributed by atoms with E-state index in [4.69, 9.17) is 0 Å². The highest BCUT2D eigenvalue weighted by atomic mass is 19.3. The third-order valence-electron chi connectivity index (χ3n) is 9.13. The van der Waals surface area contributed by atoms with E-state index in [1.54, 1.807) is 48.5 Å². The number of rotatable bonds is 10. The van der Waals surface area contributed by atoms with Crippen molar-refractivity contribution in [1.29, 1.82) is 0 Å². The standard InChI is InChI=1S/C34H36F4N10O2/c35-33(36)17-47(18-33)29-8-2-6-23(39-29)15-31(49)41-27-12-10-25(43-45-27)21-4-1-5-22(14-21)26-11-13-28(46-44-26)42-32(50)16-24-7-3-9-30(40-24)48-19-34(37,38)20-48/h2-3,6-13,21-22,43,45H,1,4-5,14-20H2,(H,41,49)(H,42,46,50)/t21-,22+/m1/s1. The summed E-state index contributed by atoms with van der Waals surface area (Å²) in [6, 6.07) is 13.7. The summed E-state index contributed by atoms with van der Waals surface area (Å²) in [6.45, 7) is -1.51. The molecule has 0 bridgehead atoms. The highest BCUT2D eigenvalue weighted by Crippen LogP contribution is 2.38. The van der Waals surface area contributed by atoms with Crippen LogP contribution in [0.25, 0.3) is 0 Å². The van der Waals surface area contributed by atoms with Crippen LogP contribution in [-0.4, -0.2) is 70.0 Å². The van der Waals surface area contributed by atoms with Crippen molar-refractivity contribution in [3.05, 3.63) is 89.3 Å². The molecule has 16 heteroatoms. The molecular formula is C34H36F4N10O2. The SMILES string of the molecule is O=C(Cc1cccc(N2CC(F)(F)C2)n1)NC1=CC=C([C@@H]2CCC[C@H](c3ccc(NC(=O)Cc4cccc(N5CC(F)(F)C5)n4)nn3)C2)NN1. The van der Waals surface area contributed by atoms with Crippen LogP contribution in [-0.2, 0) is 22.4 Å². The van der Waals surface area contributed by atoms with E-state index in [1.165, 1.54) is 9.80 Å². The van der Waals surface area contributed by atoms with Gasteiger partial charge in [0.05, 0.1) is 56.1 Å². The molecule has 2 atom stereocenters. The number of pyridine rings is 2. The van der Waals surface area contributed by atoms with Crippen LogP contribution in [0.15, 0.2) is 72.2 Å². The number of halogens is 4. The van der Waals surface area contributed by atoms with Gasteiger partial charge in [-0.1, -0.05) is 18.6 Å². The Hall–Kier alpha value is -5.28. The molecule has 3 aromatic rings. The Kier molecular flexibility index (Phi) is 9.01. The molecule has 6 heterocycles. The van der Waals surface area contributed by atoms with Crippen molar-refractivity contribution in [2.75, 3.05) is 41.3 Å². The molecular weight excluding hydrogens is 656 g/mol. The van der Waals surface area contributed by atoms with E-state index < -0.39 is 11.8 Å². The summed E-state index contributed by atoms with van der Waals surface area (Å²) in [5.74, 6) is -4.00. The van der Waals surface area contributed by atoms with Crippen molar-refractivity contribution >= 4 is 29.3 Å². The Morgan fingerprint density at radius 1 is 0.740 bits per heavy atom. The second-order valence-corrected chi connectivity index (χ2v) is 13.2. The summed E-state index contributed by atoms with van der Waals surface area (Å²) in [7, 11) is 0. The fourth-order valence-corrected chi connectivity index (χ4v) is 6.62. The highest BCUT2D eigenvalue weighted by molar-refractivity contribution is 5.91. The summed E-state index contributed by atoms with van der Waals surface area (Å²) in [6.07, 6.45) is 7.47. The first-order valence-corrected chi connectivity index (χ1v) is 16.5. The summed E-state index contributed by atoms with van der Waals surface area (Å²) in [5, 5.41) is 14.2. The van der Waals surface area contributed by atoms with Crippen LogP contribution >= 0.6 is 0 Å². The Morgan fingerprint density at radius 3 is 1.88 bits per heavy atom. The maximum atomic E-state index is 13.2. The second kappa shape index (κ2) is 13.6. The number of allylic oxidation sites excluding steroid dienone is 3. The number of nitrogens with zero attached hydrogens (tertiary/aromatic N) is 6. The van der Waals surface area contributed by atoms with Gasteiger partial charge in [-0.2, -0.15) is 5.10 Å². The maximum absolute atomic E-state index is 13.2. The molecule has 0 aromatic carbocycles. The summed E-state index contributed by atoms with van der Waals surface area (Å²) in [4.78, 5) is 37.0. The fourth-order valence-electron chi connectivity index (χ4n) is 6.62. The molecule has 7 rings (SSSR count). The van der Waals surface area contributed by atoms with E-state index in [-0.39, 0.29) is 62.7 Å². The van der Waals surface area contributed by atoms with E-state index >= 15 is 0 Å². The average molecular weight is 693 g/mol. The molecule has 12 nitrogen and oxygen atoms in total. The van der Waals surface area contributed by atoms with E-state index in [1.807, 2.05) is 12.1 Å². The third kappa shape index (κ3) is 7.95. The number of nitrogens with one attached hydrogen (secondary N) is 4. The van der Waals surface area contributed by atoms with Crippen LogP contribution < -0.4 is 31.3 Å². The van der Waals surface area contributed by atoms with Gasteiger partial charge in [0.1, 0.15) is 17.5 Å². The molecule has 0 spiro atoms. The molecule has 0 radical (unpaired) electrons. The molecule has 2 amide bonds. The largest absolute Gasteiger partial charge is 0.344 e. The van der Waals surface area contributed by atoms with E-state index in [0.29, 0.717) is 34.7 Å². The van der Waals surface area contributed by atoms with Gasteiger partial charge in [0.2, 0.25) is 11.8 Å². The zero-order chi connectivity index (χ0) is 34.9. The van der Waals surface area contributed by atoms with Gasteiger partial charge in [0, 0.05) is 17.5 Å². The Bertz CT molecular complexity index is 1800. The quantitative estimate of drug-likeness (QED) is 0.232. The monoisotopic (exact) mass is 692 g/mol. The van der Waals surface area contributed by atoms with Crippen molar-refractivity contribution in [3.8, 4) is 0 Å². The minimum atomic E-state index is -2.71. The number of alkyl halides is 4. The molecule has 2 saturated heterocycles. The number of carbonyl (C=O) groups excluding carboxylic acids is 2. The molecule has 3 aliphatic heterocycles. The average Bonchev–Trinajstić information content (AvgIpc) is 3.07. The summed E-state index contributed by atoms with van der Waals surface area (Å²) < 4.78 is 53.0.